The van der Waals surface area contributed by atoms with Crippen LogP contribution in [0.5, 0.6) is 0 Å². The third-order valence-electron chi connectivity index (χ3n) is 2.32. The van der Waals surface area contributed by atoms with Crippen LogP contribution in [0.25, 0.3) is 0 Å². The van der Waals surface area contributed by atoms with Gasteiger partial charge in [-0.3, -0.25) is 4.79 Å². The Bertz CT molecular complexity index is 228. The van der Waals surface area contributed by atoms with Crippen LogP contribution >= 0.6 is 0 Å². The normalized spacial score (nSPS) is 27.5. The van der Waals surface area contributed by atoms with Crippen LogP contribution in [0.2, 0.25) is 0 Å². The maximum absolute atomic E-state index is 12.5. The third kappa shape index (κ3) is 5.06. The van der Waals surface area contributed by atoms with Crippen molar-refractivity contribution < 1.29 is 18.3 Å². The van der Waals surface area contributed by atoms with Crippen LogP contribution in [0.1, 0.15) is 33.1 Å². The third-order valence-corrected chi connectivity index (χ3v) is 2.32. The summed E-state index contributed by atoms with van der Waals surface area (Å²) in [4.78, 5) is 11.2. The molecule has 0 radical (unpaired) electrons. The van der Waals surface area contributed by atoms with E-state index in [0.717, 1.165) is 6.92 Å². The molecule has 5 heteroatoms. The van der Waals surface area contributed by atoms with Gasteiger partial charge in [-0.2, -0.15) is 0 Å². The monoisotopic (exact) mass is 221 g/mol. The molecule has 2 unspecified atom stereocenters. The van der Waals surface area contributed by atoms with Crippen LogP contribution in [-0.2, 0) is 9.53 Å². The molecule has 1 N–H and O–H groups in total. The first-order chi connectivity index (χ1) is 6.87. The highest BCUT2D eigenvalue weighted by molar-refractivity contribution is 5.77. The summed E-state index contributed by atoms with van der Waals surface area (Å²) < 4.78 is 30.3. The molecule has 0 spiro atoms. The lowest BCUT2D eigenvalue weighted by atomic mass is 10.0. The summed E-state index contributed by atoms with van der Waals surface area (Å²) in [5.74, 6) is -3.51. The standard InChI is InChI=1S/C10H17F2NO2/c1-7-5-8(3-4-15-7)13-9(14)6-10(2,11)12/h7-8H,3-6H2,1-2H3,(H,13,14). The maximum Gasteiger partial charge on any atom is 0.254 e. The molecular formula is C10H17F2NO2. The van der Waals surface area contributed by atoms with E-state index in [2.05, 4.69) is 5.32 Å². The van der Waals surface area contributed by atoms with E-state index in [-0.39, 0.29) is 12.1 Å². The Morgan fingerprint density at radius 3 is 2.80 bits per heavy atom. The first-order valence-corrected chi connectivity index (χ1v) is 5.15. The summed E-state index contributed by atoms with van der Waals surface area (Å²) in [6.45, 7) is 3.24. The molecule has 1 aliphatic heterocycles. The molecule has 0 bridgehead atoms. The number of rotatable bonds is 3. The van der Waals surface area contributed by atoms with Gasteiger partial charge in [0.05, 0.1) is 12.5 Å². The van der Waals surface area contributed by atoms with Gasteiger partial charge in [0.2, 0.25) is 5.91 Å². The predicted molar refractivity (Wildman–Crippen MR) is 51.8 cm³/mol. The van der Waals surface area contributed by atoms with E-state index in [1.807, 2.05) is 6.92 Å². The minimum atomic E-state index is -2.93. The summed E-state index contributed by atoms with van der Waals surface area (Å²) in [5.41, 5.74) is 0. The Morgan fingerprint density at radius 2 is 2.27 bits per heavy atom. The number of carbonyl (C=O) groups excluding carboxylic acids is 1. The van der Waals surface area contributed by atoms with Gasteiger partial charge in [0, 0.05) is 12.6 Å². The van der Waals surface area contributed by atoms with Crippen molar-refractivity contribution in [3.8, 4) is 0 Å². The molecule has 0 saturated carbocycles. The van der Waals surface area contributed by atoms with Gasteiger partial charge in [-0.25, -0.2) is 8.78 Å². The number of amides is 1. The van der Waals surface area contributed by atoms with Gasteiger partial charge in [0.25, 0.3) is 5.92 Å². The van der Waals surface area contributed by atoms with Gasteiger partial charge in [-0.15, -0.1) is 0 Å². The zero-order chi connectivity index (χ0) is 11.5. The van der Waals surface area contributed by atoms with Gasteiger partial charge in [0.15, 0.2) is 0 Å². The average Bonchev–Trinajstić information content (AvgIpc) is 1.99. The van der Waals surface area contributed by atoms with E-state index >= 15 is 0 Å². The van der Waals surface area contributed by atoms with Crippen LogP contribution in [0.15, 0.2) is 0 Å². The Labute approximate surface area is 88.2 Å². The van der Waals surface area contributed by atoms with Gasteiger partial charge >= 0.3 is 0 Å². The second kappa shape index (κ2) is 4.88. The quantitative estimate of drug-likeness (QED) is 0.788. The van der Waals surface area contributed by atoms with E-state index in [1.54, 1.807) is 0 Å². The van der Waals surface area contributed by atoms with Crippen molar-refractivity contribution in [2.24, 2.45) is 0 Å². The second-order valence-corrected chi connectivity index (χ2v) is 4.22. The van der Waals surface area contributed by atoms with Crippen molar-refractivity contribution in [3.05, 3.63) is 0 Å². The van der Waals surface area contributed by atoms with E-state index in [0.29, 0.717) is 19.4 Å². The highest BCUT2D eigenvalue weighted by Crippen LogP contribution is 2.18. The fraction of sp³-hybridized carbons (Fsp3) is 0.900. The fourth-order valence-electron chi connectivity index (χ4n) is 1.69. The minimum Gasteiger partial charge on any atom is -0.378 e. The van der Waals surface area contributed by atoms with Gasteiger partial charge in [-0.1, -0.05) is 0 Å². The number of halogens is 2. The molecule has 0 aromatic carbocycles. The molecule has 15 heavy (non-hydrogen) atoms. The first-order valence-electron chi connectivity index (χ1n) is 5.15. The summed E-state index contributed by atoms with van der Waals surface area (Å²) in [7, 11) is 0. The van der Waals surface area contributed by atoms with Gasteiger partial charge in [0.1, 0.15) is 0 Å². The number of ether oxygens (including phenoxy) is 1. The molecule has 1 saturated heterocycles. The van der Waals surface area contributed by atoms with Gasteiger partial charge in [-0.05, 0) is 26.7 Å². The largest absolute Gasteiger partial charge is 0.378 e. The predicted octanol–water partition coefficient (Wildman–Crippen LogP) is 1.72. The highest BCUT2D eigenvalue weighted by Gasteiger charge is 2.28. The molecule has 1 heterocycles. The zero-order valence-corrected chi connectivity index (χ0v) is 9.06. The first kappa shape index (κ1) is 12.4. The lowest BCUT2D eigenvalue weighted by molar-refractivity contribution is -0.128. The van der Waals surface area contributed by atoms with Crippen molar-refractivity contribution in [3.63, 3.8) is 0 Å². The van der Waals surface area contributed by atoms with E-state index < -0.39 is 18.3 Å². The molecule has 1 amide bonds. The summed E-state index contributed by atoms with van der Waals surface area (Å²) in [5, 5.41) is 2.61. The number of hydrogen-bond donors (Lipinski definition) is 1. The zero-order valence-electron chi connectivity index (χ0n) is 9.06. The van der Waals surface area contributed by atoms with Crippen LogP contribution in [0, 0.1) is 0 Å². The van der Waals surface area contributed by atoms with Crippen molar-refractivity contribution in [1.82, 2.24) is 5.32 Å². The van der Waals surface area contributed by atoms with Crippen LogP contribution in [-0.4, -0.2) is 30.6 Å². The molecule has 3 nitrogen and oxygen atoms in total. The molecule has 1 aliphatic rings. The Kier molecular flexibility index (Phi) is 4.02. The molecule has 2 atom stereocenters. The number of hydrogen-bond acceptors (Lipinski definition) is 2. The van der Waals surface area contributed by atoms with Crippen molar-refractivity contribution in [2.75, 3.05) is 6.61 Å². The summed E-state index contributed by atoms with van der Waals surface area (Å²) in [6.07, 6.45) is 0.747. The van der Waals surface area contributed by atoms with Crippen LogP contribution in [0.4, 0.5) is 8.78 Å². The Balaban J connectivity index is 2.31. The van der Waals surface area contributed by atoms with Crippen molar-refractivity contribution in [1.29, 1.82) is 0 Å². The minimum absolute atomic E-state index is 0.0244. The molecular weight excluding hydrogens is 204 g/mol. The average molecular weight is 221 g/mol. The molecule has 1 rings (SSSR count). The smallest absolute Gasteiger partial charge is 0.254 e. The van der Waals surface area contributed by atoms with Crippen molar-refractivity contribution >= 4 is 5.91 Å². The molecule has 1 fully saturated rings. The molecule has 0 aromatic heterocycles. The number of nitrogens with one attached hydrogen (secondary N) is 1. The van der Waals surface area contributed by atoms with Crippen LogP contribution < -0.4 is 5.32 Å². The van der Waals surface area contributed by atoms with E-state index in [4.69, 9.17) is 4.74 Å². The van der Waals surface area contributed by atoms with E-state index in [9.17, 15) is 13.6 Å². The van der Waals surface area contributed by atoms with E-state index in [1.165, 1.54) is 0 Å². The fourth-order valence-corrected chi connectivity index (χ4v) is 1.69. The van der Waals surface area contributed by atoms with Crippen LogP contribution in [0.3, 0.4) is 0 Å². The SMILES string of the molecule is CC1CC(NC(=O)CC(C)(F)F)CCO1. The summed E-state index contributed by atoms with van der Waals surface area (Å²) >= 11 is 0. The molecule has 0 aromatic rings. The maximum atomic E-state index is 12.5. The second-order valence-electron chi connectivity index (χ2n) is 4.22. The Morgan fingerprint density at radius 1 is 1.60 bits per heavy atom. The summed E-state index contributed by atoms with van der Waals surface area (Å²) in [6, 6.07) is -0.0244. The molecule has 0 aliphatic carbocycles. The lowest BCUT2D eigenvalue weighted by Gasteiger charge is -2.28. The number of carbonyl (C=O) groups is 1. The number of alkyl halides is 2. The molecule has 88 valence electrons. The highest BCUT2D eigenvalue weighted by atomic mass is 19.3. The topological polar surface area (TPSA) is 38.3 Å². The Hall–Kier alpha value is -0.710. The van der Waals surface area contributed by atoms with Gasteiger partial charge < -0.3 is 10.1 Å². The van der Waals surface area contributed by atoms with Crippen molar-refractivity contribution in [2.45, 2.75) is 51.2 Å². The lowest BCUT2D eigenvalue weighted by Crippen LogP contribution is -2.42.